The van der Waals surface area contributed by atoms with Gasteiger partial charge < -0.3 is 4.74 Å². The Labute approximate surface area is 97.6 Å². The van der Waals surface area contributed by atoms with E-state index in [0.717, 1.165) is 0 Å². The van der Waals surface area contributed by atoms with Gasteiger partial charge in [-0.1, -0.05) is 19.9 Å². The van der Waals surface area contributed by atoms with Crippen LogP contribution in [0.15, 0.2) is 12.2 Å². The first-order chi connectivity index (χ1) is 7.74. The predicted molar refractivity (Wildman–Crippen MR) is 55.4 cm³/mol. The Kier molecular flexibility index (Phi) is 6.20. The summed E-state index contributed by atoms with van der Waals surface area (Å²) in [5, 5.41) is 0. The zero-order valence-corrected chi connectivity index (χ0v) is 9.81. The zero-order valence-electron chi connectivity index (χ0n) is 9.81. The molecule has 0 amide bonds. The van der Waals surface area contributed by atoms with Crippen molar-refractivity contribution in [1.82, 2.24) is 0 Å². The van der Waals surface area contributed by atoms with Gasteiger partial charge in [0.25, 0.3) is 6.43 Å². The van der Waals surface area contributed by atoms with Crippen molar-refractivity contribution in [3.63, 3.8) is 0 Å². The van der Waals surface area contributed by atoms with Crippen LogP contribution in [0.4, 0.5) is 17.6 Å². The molecule has 2 unspecified atom stereocenters. The minimum absolute atomic E-state index is 0.00342. The van der Waals surface area contributed by atoms with Crippen molar-refractivity contribution in [3.05, 3.63) is 12.2 Å². The van der Waals surface area contributed by atoms with Gasteiger partial charge in [0, 0.05) is 5.57 Å². The van der Waals surface area contributed by atoms with Crippen molar-refractivity contribution < 1.29 is 27.1 Å². The highest BCUT2D eigenvalue weighted by molar-refractivity contribution is 5.86. The Bertz CT molecular complexity index is 281. The SMILES string of the molecule is C=C(C)C(=O)OCC(F)(CCC)C(F)C(F)F. The molecular weight excluding hydrogens is 240 g/mol. The van der Waals surface area contributed by atoms with E-state index in [1.165, 1.54) is 13.8 Å². The van der Waals surface area contributed by atoms with Crippen LogP contribution in [0, 0.1) is 0 Å². The van der Waals surface area contributed by atoms with Gasteiger partial charge in [0.1, 0.15) is 6.61 Å². The average molecular weight is 256 g/mol. The van der Waals surface area contributed by atoms with Crippen molar-refractivity contribution in [2.75, 3.05) is 6.61 Å². The van der Waals surface area contributed by atoms with Crippen molar-refractivity contribution in [2.24, 2.45) is 0 Å². The van der Waals surface area contributed by atoms with E-state index in [-0.39, 0.29) is 12.0 Å². The topological polar surface area (TPSA) is 26.3 Å². The van der Waals surface area contributed by atoms with Crippen LogP contribution in [0.1, 0.15) is 26.7 Å². The third-order valence-electron chi connectivity index (χ3n) is 2.17. The molecule has 0 saturated heterocycles. The summed E-state index contributed by atoms with van der Waals surface area (Å²) in [5.74, 6) is -0.926. The molecule has 0 aromatic heterocycles. The fourth-order valence-electron chi connectivity index (χ4n) is 1.24. The van der Waals surface area contributed by atoms with E-state index < -0.39 is 37.3 Å². The van der Waals surface area contributed by atoms with Crippen LogP contribution in [0.5, 0.6) is 0 Å². The van der Waals surface area contributed by atoms with E-state index in [4.69, 9.17) is 0 Å². The fourth-order valence-corrected chi connectivity index (χ4v) is 1.24. The van der Waals surface area contributed by atoms with E-state index >= 15 is 0 Å². The maximum atomic E-state index is 13.9. The third kappa shape index (κ3) is 4.75. The van der Waals surface area contributed by atoms with E-state index in [1.54, 1.807) is 0 Å². The molecule has 0 bridgehead atoms. The van der Waals surface area contributed by atoms with Gasteiger partial charge in [0.2, 0.25) is 0 Å². The molecule has 2 nitrogen and oxygen atoms in total. The van der Waals surface area contributed by atoms with Gasteiger partial charge in [-0.25, -0.2) is 22.4 Å². The molecule has 17 heavy (non-hydrogen) atoms. The molecule has 0 aromatic carbocycles. The summed E-state index contributed by atoms with van der Waals surface area (Å²) >= 11 is 0. The Morgan fingerprint density at radius 1 is 1.41 bits per heavy atom. The summed E-state index contributed by atoms with van der Waals surface area (Å²) in [4.78, 5) is 11.0. The second-order valence-corrected chi connectivity index (χ2v) is 3.88. The van der Waals surface area contributed by atoms with Crippen LogP contribution in [0.2, 0.25) is 0 Å². The van der Waals surface area contributed by atoms with E-state index in [0.29, 0.717) is 0 Å². The monoisotopic (exact) mass is 256 g/mol. The summed E-state index contributed by atoms with van der Waals surface area (Å²) < 4.78 is 55.7. The van der Waals surface area contributed by atoms with Crippen LogP contribution in [-0.4, -0.2) is 30.8 Å². The fraction of sp³-hybridized carbons (Fsp3) is 0.727. The largest absolute Gasteiger partial charge is 0.459 e. The minimum Gasteiger partial charge on any atom is -0.459 e. The molecule has 0 aliphatic rings. The number of hydrogen-bond donors (Lipinski definition) is 0. The summed E-state index contributed by atoms with van der Waals surface area (Å²) in [7, 11) is 0. The molecule has 2 atom stereocenters. The van der Waals surface area contributed by atoms with E-state index in [2.05, 4.69) is 11.3 Å². The number of carbonyl (C=O) groups excluding carboxylic acids is 1. The van der Waals surface area contributed by atoms with E-state index in [1.807, 2.05) is 0 Å². The van der Waals surface area contributed by atoms with Gasteiger partial charge in [-0.05, 0) is 13.3 Å². The van der Waals surface area contributed by atoms with Gasteiger partial charge in [-0.15, -0.1) is 0 Å². The number of carbonyl (C=O) groups is 1. The van der Waals surface area contributed by atoms with Gasteiger partial charge in [-0.2, -0.15) is 0 Å². The Morgan fingerprint density at radius 2 is 1.94 bits per heavy atom. The van der Waals surface area contributed by atoms with Gasteiger partial charge in [0.05, 0.1) is 0 Å². The van der Waals surface area contributed by atoms with Crippen molar-refractivity contribution >= 4 is 5.97 Å². The molecule has 0 aromatic rings. The molecule has 0 radical (unpaired) electrons. The van der Waals surface area contributed by atoms with Crippen molar-refractivity contribution in [1.29, 1.82) is 0 Å². The van der Waals surface area contributed by atoms with Gasteiger partial charge in [-0.3, -0.25) is 0 Å². The lowest BCUT2D eigenvalue weighted by Gasteiger charge is -2.27. The average Bonchev–Trinajstić information content (AvgIpc) is 2.24. The maximum Gasteiger partial charge on any atom is 0.333 e. The number of ether oxygens (including phenoxy) is 1. The first kappa shape index (κ1) is 15.9. The summed E-state index contributed by atoms with van der Waals surface area (Å²) in [5.41, 5.74) is -2.86. The molecule has 0 fully saturated rings. The standard InChI is InChI=1S/C11H16F4O2/c1-4-5-11(15,8(12)9(13)14)6-17-10(16)7(2)3/h8-9H,2,4-6H2,1,3H3. The quantitative estimate of drug-likeness (QED) is 0.397. The number of alkyl halides is 4. The molecule has 0 rings (SSSR count). The predicted octanol–water partition coefficient (Wildman–Crippen LogP) is 3.22. The molecule has 0 N–H and O–H groups in total. The number of halogens is 4. The molecule has 6 heteroatoms. The lowest BCUT2D eigenvalue weighted by Crippen LogP contribution is -2.44. The van der Waals surface area contributed by atoms with Crippen LogP contribution in [0.25, 0.3) is 0 Å². The Hall–Kier alpha value is -1.07. The molecule has 0 saturated carbocycles. The first-order valence-electron chi connectivity index (χ1n) is 5.18. The van der Waals surface area contributed by atoms with Crippen molar-refractivity contribution in [3.8, 4) is 0 Å². The first-order valence-corrected chi connectivity index (χ1v) is 5.18. The molecule has 0 aliphatic heterocycles. The Balaban J connectivity index is 4.61. The minimum atomic E-state index is -3.45. The van der Waals surface area contributed by atoms with E-state index in [9.17, 15) is 22.4 Å². The van der Waals surface area contributed by atoms with Crippen LogP contribution in [-0.2, 0) is 9.53 Å². The smallest absolute Gasteiger partial charge is 0.333 e. The molecular formula is C11H16F4O2. The summed E-state index contributed by atoms with van der Waals surface area (Å²) in [6, 6.07) is 0. The Morgan fingerprint density at radius 3 is 2.29 bits per heavy atom. The zero-order chi connectivity index (χ0) is 13.6. The second-order valence-electron chi connectivity index (χ2n) is 3.88. The summed E-state index contributed by atoms with van der Waals surface area (Å²) in [6.45, 7) is 5.06. The number of rotatable bonds is 7. The summed E-state index contributed by atoms with van der Waals surface area (Å²) in [6.07, 6.45) is -6.70. The van der Waals surface area contributed by atoms with Crippen LogP contribution >= 0.6 is 0 Å². The van der Waals surface area contributed by atoms with Gasteiger partial charge >= 0.3 is 5.97 Å². The molecule has 0 heterocycles. The third-order valence-corrected chi connectivity index (χ3v) is 2.17. The van der Waals surface area contributed by atoms with Crippen molar-refractivity contribution in [2.45, 2.75) is 45.0 Å². The number of hydrogen-bond acceptors (Lipinski definition) is 2. The lowest BCUT2D eigenvalue weighted by molar-refractivity contribution is -0.150. The number of esters is 1. The van der Waals surface area contributed by atoms with Crippen LogP contribution < -0.4 is 0 Å². The highest BCUT2D eigenvalue weighted by Gasteiger charge is 2.45. The maximum absolute atomic E-state index is 13.9. The van der Waals surface area contributed by atoms with Gasteiger partial charge in [0.15, 0.2) is 11.8 Å². The highest BCUT2D eigenvalue weighted by atomic mass is 19.3. The molecule has 0 spiro atoms. The highest BCUT2D eigenvalue weighted by Crippen LogP contribution is 2.30. The molecule has 0 aliphatic carbocycles. The van der Waals surface area contributed by atoms with Crippen LogP contribution in [0.3, 0.4) is 0 Å². The lowest BCUT2D eigenvalue weighted by atomic mass is 9.95. The second kappa shape index (κ2) is 6.61. The molecule has 100 valence electrons. The normalized spacial score (nSPS) is 16.4.